The molecule has 1 aliphatic rings. The number of para-hydroxylation sites is 1. The smallest absolute Gasteiger partial charge is 0.243 e. The summed E-state index contributed by atoms with van der Waals surface area (Å²) in [4.78, 5) is 57.4. The molecule has 4 atom stereocenters. The van der Waals surface area contributed by atoms with E-state index in [4.69, 9.17) is 11.5 Å². The molecule has 11 nitrogen and oxygen atoms in total. The Bertz CT molecular complexity index is 1420. The topological polar surface area (TPSA) is 184 Å². The summed E-state index contributed by atoms with van der Waals surface area (Å²) in [6.07, 6.45) is 3.64. The Hall–Kier alpha value is -4.38. The average Bonchev–Trinajstić information content (AvgIpc) is 3.60. The van der Waals surface area contributed by atoms with Crippen molar-refractivity contribution in [3.05, 3.63) is 65.9 Å². The number of carbonyl (C=O) groups is 4. The fourth-order valence-corrected chi connectivity index (χ4v) is 5.49. The van der Waals surface area contributed by atoms with Crippen LogP contribution in [0.2, 0.25) is 0 Å². The Kier molecular flexibility index (Phi) is 9.84. The van der Waals surface area contributed by atoms with Crippen molar-refractivity contribution in [1.82, 2.24) is 20.5 Å². The first kappa shape index (κ1) is 30.6. The Morgan fingerprint density at radius 1 is 1.02 bits per heavy atom. The van der Waals surface area contributed by atoms with Gasteiger partial charge in [0.05, 0.1) is 6.04 Å². The van der Waals surface area contributed by atoms with Crippen LogP contribution >= 0.6 is 0 Å². The fraction of sp³-hybridized carbons (Fsp3) is 0.419. The van der Waals surface area contributed by atoms with Crippen molar-refractivity contribution in [1.29, 1.82) is 0 Å². The quantitative estimate of drug-likeness (QED) is 0.190. The zero-order valence-electron chi connectivity index (χ0n) is 24.0. The number of amides is 4. The molecular weight excluding hydrogens is 536 g/mol. The van der Waals surface area contributed by atoms with Crippen LogP contribution in [0, 0.1) is 5.92 Å². The van der Waals surface area contributed by atoms with Gasteiger partial charge in [-0.2, -0.15) is 0 Å². The number of fused-ring (bicyclic) bond motifs is 1. The van der Waals surface area contributed by atoms with E-state index in [9.17, 15) is 24.3 Å². The largest absolute Gasteiger partial charge is 0.508 e. The van der Waals surface area contributed by atoms with E-state index in [0.29, 0.717) is 31.4 Å². The number of hydrogen-bond acceptors (Lipinski definition) is 6. The molecule has 11 heteroatoms. The van der Waals surface area contributed by atoms with Crippen molar-refractivity contribution in [2.45, 2.75) is 70.1 Å². The third-order valence-corrected chi connectivity index (χ3v) is 7.65. The maximum absolute atomic E-state index is 13.7. The van der Waals surface area contributed by atoms with Gasteiger partial charge in [0, 0.05) is 36.5 Å². The molecule has 1 aromatic heterocycles. The lowest BCUT2D eigenvalue weighted by Gasteiger charge is -2.29. The van der Waals surface area contributed by atoms with Crippen molar-refractivity contribution >= 4 is 34.5 Å². The number of benzene rings is 2. The number of aromatic hydroxyl groups is 1. The highest BCUT2D eigenvalue weighted by atomic mass is 16.3. The Labute approximate surface area is 245 Å². The van der Waals surface area contributed by atoms with E-state index >= 15 is 0 Å². The van der Waals surface area contributed by atoms with E-state index in [1.54, 1.807) is 18.3 Å². The van der Waals surface area contributed by atoms with Gasteiger partial charge in [-0.15, -0.1) is 0 Å². The third kappa shape index (κ3) is 7.47. The zero-order chi connectivity index (χ0) is 30.4. The van der Waals surface area contributed by atoms with Crippen molar-refractivity contribution in [2.24, 2.45) is 17.4 Å². The molecule has 0 aliphatic carbocycles. The van der Waals surface area contributed by atoms with Crippen LogP contribution in [0.15, 0.2) is 54.7 Å². The molecule has 1 aliphatic heterocycles. The van der Waals surface area contributed by atoms with Crippen LogP contribution in [0.1, 0.15) is 44.2 Å². The van der Waals surface area contributed by atoms with Gasteiger partial charge in [-0.1, -0.05) is 44.2 Å². The number of aromatic nitrogens is 1. The minimum Gasteiger partial charge on any atom is -0.508 e. The number of aromatic amines is 1. The zero-order valence-corrected chi connectivity index (χ0v) is 24.0. The number of rotatable bonds is 12. The second-order valence-corrected chi connectivity index (χ2v) is 11.4. The molecule has 2 aromatic carbocycles. The summed E-state index contributed by atoms with van der Waals surface area (Å²) in [7, 11) is 0. The fourth-order valence-electron chi connectivity index (χ4n) is 5.49. The Balaban J connectivity index is 1.55. The number of carbonyl (C=O) groups excluding carboxylic acids is 4. The van der Waals surface area contributed by atoms with Crippen molar-refractivity contribution in [3.63, 3.8) is 0 Å². The summed E-state index contributed by atoms with van der Waals surface area (Å²) in [6.45, 7) is 4.38. The molecule has 2 heterocycles. The molecule has 4 amide bonds. The van der Waals surface area contributed by atoms with Crippen molar-refractivity contribution in [3.8, 4) is 5.75 Å². The van der Waals surface area contributed by atoms with Gasteiger partial charge in [-0.25, -0.2) is 0 Å². The van der Waals surface area contributed by atoms with Crippen LogP contribution < -0.4 is 22.1 Å². The molecule has 1 fully saturated rings. The second-order valence-electron chi connectivity index (χ2n) is 11.4. The van der Waals surface area contributed by atoms with Gasteiger partial charge >= 0.3 is 0 Å². The van der Waals surface area contributed by atoms with Crippen LogP contribution in [0.25, 0.3) is 10.9 Å². The Morgan fingerprint density at radius 2 is 1.74 bits per heavy atom. The van der Waals surface area contributed by atoms with E-state index < -0.39 is 41.9 Å². The predicted octanol–water partition coefficient (Wildman–Crippen LogP) is 1.48. The van der Waals surface area contributed by atoms with E-state index in [2.05, 4.69) is 15.6 Å². The van der Waals surface area contributed by atoms with Crippen molar-refractivity contribution < 1.29 is 24.3 Å². The molecule has 224 valence electrons. The number of phenolic OH excluding ortho intramolecular Hbond substituents is 1. The lowest BCUT2D eigenvalue weighted by molar-refractivity contribution is -0.140. The number of nitrogens with two attached hydrogens (primary N) is 2. The SMILES string of the molecule is CC(C)C[C@H](N)C(=O)N1CCC[C@@H]1C(=O)N[C@@H](Cc1c[nH]c2ccccc12)C(=O)N[C@@H](Cc1ccc(O)cc1)C(N)=O. The summed E-state index contributed by atoms with van der Waals surface area (Å²) in [5.74, 6) is -1.75. The van der Waals surface area contributed by atoms with E-state index in [-0.39, 0.29) is 30.4 Å². The lowest BCUT2D eigenvalue weighted by atomic mass is 10.0. The normalized spacial score (nSPS) is 17.1. The van der Waals surface area contributed by atoms with Gasteiger partial charge in [0.2, 0.25) is 23.6 Å². The van der Waals surface area contributed by atoms with Crippen LogP contribution in [0.3, 0.4) is 0 Å². The first-order chi connectivity index (χ1) is 20.0. The molecule has 0 bridgehead atoms. The van der Waals surface area contributed by atoms with Gasteiger partial charge in [0.15, 0.2) is 0 Å². The van der Waals surface area contributed by atoms with Crippen LogP contribution in [0.5, 0.6) is 5.75 Å². The number of hydrogen-bond donors (Lipinski definition) is 6. The third-order valence-electron chi connectivity index (χ3n) is 7.65. The highest BCUT2D eigenvalue weighted by Crippen LogP contribution is 2.22. The van der Waals surface area contributed by atoms with Crippen LogP contribution in [0.4, 0.5) is 0 Å². The molecule has 0 radical (unpaired) electrons. The molecule has 0 spiro atoms. The van der Waals surface area contributed by atoms with E-state index in [1.165, 1.54) is 17.0 Å². The number of H-pyrrole nitrogens is 1. The summed E-state index contributed by atoms with van der Waals surface area (Å²) in [5.41, 5.74) is 14.2. The highest BCUT2D eigenvalue weighted by Gasteiger charge is 2.38. The maximum atomic E-state index is 13.7. The molecular formula is C31H40N6O5. The van der Waals surface area contributed by atoms with Gasteiger partial charge < -0.3 is 37.1 Å². The number of phenols is 1. The minimum atomic E-state index is -1.06. The summed E-state index contributed by atoms with van der Waals surface area (Å²) in [6, 6.07) is 10.3. The molecule has 4 rings (SSSR count). The number of nitrogens with one attached hydrogen (secondary N) is 3. The Morgan fingerprint density at radius 3 is 2.43 bits per heavy atom. The number of nitrogens with zero attached hydrogens (tertiary/aromatic N) is 1. The predicted molar refractivity (Wildman–Crippen MR) is 159 cm³/mol. The van der Waals surface area contributed by atoms with Crippen LogP contribution in [-0.2, 0) is 32.0 Å². The summed E-state index contributed by atoms with van der Waals surface area (Å²) >= 11 is 0. The molecule has 0 saturated carbocycles. The first-order valence-electron chi connectivity index (χ1n) is 14.3. The lowest BCUT2D eigenvalue weighted by Crippen LogP contribution is -2.58. The molecule has 8 N–H and O–H groups in total. The van der Waals surface area contributed by atoms with Crippen LogP contribution in [-0.4, -0.2) is 69.3 Å². The molecule has 0 unspecified atom stereocenters. The number of likely N-dealkylation sites (tertiary alicyclic amines) is 1. The molecule has 42 heavy (non-hydrogen) atoms. The highest BCUT2D eigenvalue weighted by molar-refractivity contribution is 5.95. The monoisotopic (exact) mass is 576 g/mol. The second kappa shape index (κ2) is 13.5. The molecule has 3 aromatic rings. The van der Waals surface area contributed by atoms with E-state index in [0.717, 1.165) is 16.5 Å². The standard InChI is InChI=1S/C31H40N6O5/c1-18(2)14-23(32)31(42)37-13-5-8-27(37)30(41)36-26(16-20-17-34-24-7-4-3-6-22(20)24)29(40)35-25(28(33)39)15-19-9-11-21(38)12-10-19/h3-4,6-7,9-12,17-18,23,25-27,34,38H,5,8,13-16,32H2,1-2H3,(H2,33,39)(H,35,40)(H,36,41)/t23-,25-,26-,27+/m0/s1. The van der Waals surface area contributed by atoms with Gasteiger partial charge in [-0.05, 0) is 54.5 Å². The maximum Gasteiger partial charge on any atom is 0.243 e. The molecule has 1 saturated heterocycles. The van der Waals surface area contributed by atoms with E-state index in [1.807, 2.05) is 38.1 Å². The van der Waals surface area contributed by atoms with Crippen molar-refractivity contribution in [2.75, 3.05) is 6.54 Å². The number of primary amides is 1. The first-order valence-corrected chi connectivity index (χ1v) is 14.3. The average molecular weight is 577 g/mol. The van der Waals surface area contributed by atoms with Gasteiger partial charge in [0.1, 0.15) is 23.9 Å². The van der Waals surface area contributed by atoms with Gasteiger partial charge in [0.25, 0.3) is 0 Å². The minimum absolute atomic E-state index is 0.0736. The summed E-state index contributed by atoms with van der Waals surface area (Å²) in [5, 5.41) is 16.0. The summed E-state index contributed by atoms with van der Waals surface area (Å²) < 4.78 is 0. The van der Waals surface area contributed by atoms with Gasteiger partial charge in [-0.3, -0.25) is 19.2 Å².